The Balaban J connectivity index is 1.86. The van der Waals surface area contributed by atoms with Gasteiger partial charge < -0.3 is 10.1 Å². The smallest absolute Gasteiger partial charge is 0.233 e. The molecule has 0 aliphatic carbocycles. The van der Waals surface area contributed by atoms with Crippen LogP contribution in [0, 0.1) is 13.8 Å². The van der Waals surface area contributed by atoms with Gasteiger partial charge in [-0.2, -0.15) is 0 Å². The number of carbonyl (C=O) groups excluding carboxylic acids is 1. The van der Waals surface area contributed by atoms with Crippen LogP contribution in [0.25, 0.3) is 5.69 Å². The van der Waals surface area contributed by atoms with Crippen LogP contribution in [0.3, 0.4) is 0 Å². The number of ether oxygens (including phenoxy) is 1. The van der Waals surface area contributed by atoms with Crippen molar-refractivity contribution in [2.45, 2.75) is 51.1 Å². The average Bonchev–Trinajstić information content (AvgIpc) is 3.14. The van der Waals surface area contributed by atoms with Crippen molar-refractivity contribution in [3.05, 3.63) is 65.5 Å². The van der Waals surface area contributed by atoms with Gasteiger partial charge in [-0.05, 0) is 50.5 Å². The third-order valence-electron chi connectivity index (χ3n) is 4.67. The van der Waals surface area contributed by atoms with Gasteiger partial charge in [0.1, 0.15) is 12.4 Å². The number of amides is 1. The summed E-state index contributed by atoms with van der Waals surface area (Å²) in [5, 5.41) is 12.1. The van der Waals surface area contributed by atoms with E-state index in [0.717, 1.165) is 29.0 Å². The van der Waals surface area contributed by atoms with Gasteiger partial charge in [-0.25, -0.2) is 0 Å². The van der Waals surface area contributed by atoms with Crippen molar-refractivity contribution in [1.29, 1.82) is 0 Å². The Morgan fingerprint density at radius 2 is 1.80 bits per heavy atom. The minimum Gasteiger partial charge on any atom is -0.485 e. The highest BCUT2D eigenvalue weighted by atomic mass is 32.2. The molecule has 0 saturated heterocycles. The zero-order valence-corrected chi connectivity index (χ0v) is 18.7. The van der Waals surface area contributed by atoms with E-state index < -0.39 is 0 Å². The molecule has 1 aromatic heterocycles. The van der Waals surface area contributed by atoms with Crippen LogP contribution in [0.2, 0.25) is 0 Å². The summed E-state index contributed by atoms with van der Waals surface area (Å²) >= 11 is 1.39. The maximum atomic E-state index is 12.3. The molecular weight excluding hydrogens is 396 g/mol. The quantitative estimate of drug-likeness (QED) is 0.513. The third-order valence-corrected chi connectivity index (χ3v) is 5.71. The SMILES string of the molecule is CCCNC(=O)[C@@H](C)Sc1nnc(COc2c(C)cccc2C)n1-c1ccccc1. The highest BCUT2D eigenvalue weighted by Gasteiger charge is 2.21. The van der Waals surface area contributed by atoms with Gasteiger partial charge in [0.05, 0.1) is 5.25 Å². The Hall–Kier alpha value is -2.80. The molecule has 30 heavy (non-hydrogen) atoms. The molecular formula is C23H28N4O2S. The molecule has 0 radical (unpaired) electrons. The fourth-order valence-electron chi connectivity index (χ4n) is 3.07. The lowest BCUT2D eigenvalue weighted by atomic mass is 10.1. The molecule has 1 N–H and O–H groups in total. The molecule has 3 aromatic rings. The third kappa shape index (κ3) is 5.21. The summed E-state index contributed by atoms with van der Waals surface area (Å²) < 4.78 is 8.08. The first-order chi connectivity index (χ1) is 14.5. The molecule has 0 aliphatic rings. The topological polar surface area (TPSA) is 69.0 Å². The number of nitrogens with one attached hydrogen (secondary N) is 1. The zero-order valence-electron chi connectivity index (χ0n) is 17.9. The predicted octanol–water partition coefficient (Wildman–Crippen LogP) is 4.47. The van der Waals surface area contributed by atoms with E-state index in [1.165, 1.54) is 11.8 Å². The summed E-state index contributed by atoms with van der Waals surface area (Å²) in [7, 11) is 0. The molecule has 6 nitrogen and oxygen atoms in total. The van der Waals surface area contributed by atoms with Crippen LogP contribution < -0.4 is 10.1 Å². The molecule has 2 aromatic carbocycles. The standard InChI is InChI=1S/C23H28N4O2S/c1-5-14-24-22(28)18(4)30-23-26-25-20(27(23)19-12-7-6-8-13-19)15-29-21-16(2)10-9-11-17(21)3/h6-13,18H,5,14-15H2,1-4H3,(H,24,28)/t18-/m1/s1. The van der Waals surface area contributed by atoms with Crippen LogP contribution >= 0.6 is 11.8 Å². The van der Waals surface area contributed by atoms with Crippen LogP contribution in [-0.2, 0) is 11.4 Å². The van der Waals surface area contributed by atoms with Crippen molar-refractivity contribution < 1.29 is 9.53 Å². The highest BCUT2D eigenvalue weighted by Crippen LogP contribution is 2.28. The molecule has 0 spiro atoms. The van der Waals surface area contributed by atoms with Crippen molar-refractivity contribution in [3.63, 3.8) is 0 Å². The van der Waals surface area contributed by atoms with Gasteiger partial charge in [-0.1, -0.05) is 55.1 Å². The van der Waals surface area contributed by atoms with E-state index in [-0.39, 0.29) is 17.8 Å². The zero-order chi connectivity index (χ0) is 21.5. The minimum absolute atomic E-state index is 0.00204. The normalized spacial score (nSPS) is 11.9. The van der Waals surface area contributed by atoms with Crippen molar-refractivity contribution >= 4 is 17.7 Å². The van der Waals surface area contributed by atoms with Gasteiger partial charge in [0.15, 0.2) is 11.0 Å². The second kappa shape index (κ2) is 10.3. The van der Waals surface area contributed by atoms with Crippen molar-refractivity contribution in [3.8, 4) is 11.4 Å². The summed E-state index contributed by atoms with van der Waals surface area (Å²) in [6.07, 6.45) is 0.906. The van der Waals surface area contributed by atoms with Gasteiger partial charge >= 0.3 is 0 Å². The number of aromatic nitrogens is 3. The number of carbonyl (C=O) groups is 1. The Morgan fingerprint density at radius 1 is 1.10 bits per heavy atom. The lowest BCUT2D eigenvalue weighted by Crippen LogP contribution is -2.31. The molecule has 7 heteroatoms. The Labute approximate surface area is 182 Å². The molecule has 0 saturated carbocycles. The maximum absolute atomic E-state index is 12.3. The van der Waals surface area contributed by atoms with Gasteiger partial charge in [-0.15, -0.1) is 10.2 Å². The fourth-order valence-corrected chi connectivity index (χ4v) is 3.98. The first-order valence-corrected chi connectivity index (χ1v) is 11.0. The molecule has 0 bridgehead atoms. The van der Waals surface area contributed by atoms with E-state index in [1.54, 1.807) is 0 Å². The van der Waals surface area contributed by atoms with Crippen molar-refractivity contribution in [2.24, 2.45) is 0 Å². The Kier molecular flexibility index (Phi) is 7.52. The monoisotopic (exact) mass is 424 g/mol. The highest BCUT2D eigenvalue weighted by molar-refractivity contribution is 8.00. The number of nitrogens with zero attached hydrogens (tertiary/aromatic N) is 3. The summed E-state index contributed by atoms with van der Waals surface area (Å²) in [5.74, 6) is 1.55. The Bertz CT molecular complexity index is 968. The maximum Gasteiger partial charge on any atom is 0.233 e. The number of hydrogen-bond donors (Lipinski definition) is 1. The molecule has 3 rings (SSSR count). The number of aryl methyl sites for hydroxylation is 2. The first-order valence-electron chi connectivity index (χ1n) is 10.1. The summed E-state index contributed by atoms with van der Waals surface area (Å²) in [6.45, 7) is 8.93. The van der Waals surface area contributed by atoms with Crippen LogP contribution in [0.5, 0.6) is 5.75 Å². The van der Waals surface area contributed by atoms with Gasteiger partial charge in [0.25, 0.3) is 0 Å². The molecule has 1 amide bonds. The largest absolute Gasteiger partial charge is 0.485 e. The van der Waals surface area contributed by atoms with E-state index in [4.69, 9.17) is 4.74 Å². The van der Waals surface area contributed by atoms with E-state index in [1.807, 2.05) is 80.8 Å². The lowest BCUT2D eigenvalue weighted by Gasteiger charge is -2.15. The van der Waals surface area contributed by atoms with Gasteiger partial charge in [0.2, 0.25) is 5.91 Å². The van der Waals surface area contributed by atoms with E-state index in [9.17, 15) is 4.79 Å². The van der Waals surface area contributed by atoms with E-state index in [0.29, 0.717) is 17.5 Å². The first kappa shape index (κ1) is 21.9. The fraction of sp³-hybridized carbons (Fsp3) is 0.348. The number of para-hydroxylation sites is 2. The number of hydrogen-bond acceptors (Lipinski definition) is 5. The molecule has 0 aliphatic heterocycles. The summed E-state index contributed by atoms with van der Waals surface area (Å²) in [6, 6.07) is 16.0. The molecule has 1 atom stereocenters. The number of rotatable bonds is 9. The lowest BCUT2D eigenvalue weighted by molar-refractivity contribution is -0.120. The molecule has 1 heterocycles. The molecule has 0 unspecified atom stereocenters. The molecule has 0 fully saturated rings. The van der Waals surface area contributed by atoms with Crippen LogP contribution in [0.15, 0.2) is 53.7 Å². The Morgan fingerprint density at radius 3 is 2.47 bits per heavy atom. The number of thioether (sulfide) groups is 1. The van der Waals surface area contributed by atoms with Gasteiger partial charge in [-0.3, -0.25) is 9.36 Å². The van der Waals surface area contributed by atoms with Crippen LogP contribution in [-0.4, -0.2) is 32.5 Å². The number of benzene rings is 2. The average molecular weight is 425 g/mol. The van der Waals surface area contributed by atoms with E-state index in [2.05, 4.69) is 15.5 Å². The van der Waals surface area contributed by atoms with Crippen LogP contribution in [0.4, 0.5) is 0 Å². The summed E-state index contributed by atoms with van der Waals surface area (Å²) in [5.41, 5.74) is 3.10. The van der Waals surface area contributed by atoms with Crippen LogP contribution in [0.1, 0.15) is 37.2 Å². The second-order valence-corrected chi connectivity index (χ2v) is 8.44. The van der Waals surface area contributed by atoms with Gasteiger partial charge in [0, 0.05) is 12.2 Å². The van der Waals surface area contributed by atoms with Crippen molar-refractivity contribution in [1.82, 2.24) is 20.1 Å². The minimum atomic E-state index is -0.282. The second-order valence-electron chi connectivity index (χ2n) is 7.13. The van der Waals surface area contributed by atoms with E-state index >= 15 is 0 Å². The summed E-state index contributed by atoms with van der Waals surface area (Å²) in [4.78, 5) is 12.3. The molecule has 158 valence electrons. The van der Waals surface area contributed by atoms with Crippen molar-refractivity contribution in [2.75, 3.05) is 6.54 Å². The predicted molar refractivity (Wildman–Crippen MR) is 120 cm³/mol.